The summed E-state index contributed by atoms with van der Waals surface area (Å²) in [6.45, 7) is 0. The Kier molecular flexibility index (Phi) is 9.02. The van der Waals surface area contributed by atoms with E-state index in [1.54, 1.807) is 0 Å². The van der Waals surface area contributed by atoms with Gasteiger partial charge in [0.2, 0.25) is 0 Å². The molecule has 0 spiro atoms. The first-order valence-electron chi connectivity index (χ1n) is 3.33. The molecule has 0 aliphatic heterocycles. The van der Waals surface area contributed by atoms with Crippen LogP contribution in [0.1, 0.15) is 0 Å². The van der Waals surface area contributed by atoms with Crippen LogP contribution in [0.25, 0.3) is 0 Å². The van der Waals surface area contributed by atoms with E-state index in [1.807, 2.05) is 64.2 Å². The van der Waals surface area contributed by atoms with E-state index in [9.17, 15) is 0 Å². The van der Waals surface area contributed by atoms with Crippen molar-refractivity contribution in [2.75, 3.05) is 0 Å². The fourth-order valence-electron chi connectivity index (χ4n) is 0.642. The smallest absolute Gasteiger partial charge is 0.0312 e. The van der Waals surface area contributed by atoms with Gasteiger partial charge in [0.05, 0.1) is 0 Å². The van der Waals surface area contributed by atoms with E-state index >= 15 is 0 Å². The van der Waals surface area contributed by atoms with E-state index in [0.717, 1.165) is 0 Å². The molecule has 0 amide bonds. The predicted octanol–water partition coefficient (Wildman–Crippen LogP) is 2.04. The SMILES string of the molecule is [CH]1[CH][CH][CH][CH]1.[CH]1[CH][CH][CH][CH]1.[Fe+3]. The average Bonchev–Trinajstić information content (AvgIpc) is 2.67. The zero-order valence-electron chi connectivity index (χ0n) is 6.13. The summed E-state index contributed by atoms with van der Waals surface area (Å²) in [6.07, 6.45) is 20.0. The maximum atomic E-state index is 2.00. The predicted molar refractivity (Wildman–Crippen MR) is 43.0 cm³/mol. The van der Waals surface area contributed by atoms with Gasteiger partial charge in [-0.1, -0.05) is 0 Å². The van der Waals surface area contributed by atoms with E-state index in [2.05, 4.69) is 0 Å². The largest absolute Gasteiger partial charge is 3.00 e. The maximum Gasteiger partial charge on any atom is 3.00 e. The summed E-state index contributed by atoms with van der Waals surface area (Å²) in [6, 6.07) is 0. The van der Waals surface area contributed by atoms with Crippen molar-refractivity contribution in [1.29, 1.82) is 0 Å². The molecule has 11 heavy (non-hydrogen) atoms. The molecule has 0 bridgehead atoms. The molecule has 0 unspecified atom stereocenters. The molecule has 2 aliphatic rings. The molecule has 0 aromatic rings. The number of hydrogen-bond donors (Lipinski definition) is 0. The van der Waals surface area contributed by atoms with Gasteiger partial charge in [-0.2, -0.15) is 0 Å². The van der Waals surface area contributed by atoms with Crippen LogP contribution in [0.3, 0.4) is 0 Å². The monoisotopic (exact) mass is 186 g/mol. The van der Waals surface area contributed by atoms with Crippen LogP contribution in [0.15, 0.2) is 0 Å². The molecule has 0 nitrogen and oxygen atoms in total. The Morgan fingerprint density at radius 2 is 0.364 bits per heavy atom. The normalized spacial score (nSPS) is 21.8. The van der Waals surface area contributed by atoms with Crippen LogP contribution in [0.4, 0.5) is 0 Å². The van der Waals surface area contributed by atoms with Gasteiger partial charge in [0.1, 0.15) is 0 Å². The maximum absolute atomic E-state index is 2.00. The molecule has 2 aliphatic carbocycles. The Labute approximate surface area is 81.6 Å². The van der Waals surface area contributed by atoms with Gasteiger partial charge >= 0.3 is 17.1 Å². The van der Waals surface area contributed by atoms with Crippen molar-refractivity contribution in [2.24, 2.45) is 0 Å². The molecule has 0 atom stereocenters. The van der Waals surface area contributed by atoms with Gasteiger partial charge in [-0.25, -0.2) is 0 Å². The van der Waals surface area contributed by atoms with Crippen LogP contribution < -0.4 is 0 Å². The summed E-state index contributed by atoms with van der Waals surface area (Å²) in [5.41, 5.74) is 0. The first-order valence-corrected chi connectivity index (χ1v) is 3.33. The van der Waals surface area contributed by atoms with Gasteiger partial charge in [0.15, 0.2) is 0 Å². The summed E-state index contributed by atoms with van der Waals surface area (Å²) in [4.78, 5) is 0. The Morgan fingerprint density at radius 1 is 0.273 bits per heavy atom. The van der Waals surface area contributed by atoms with Gasteiger partial charge in [-0.05, 0) is 64.2 Å². The molecule has 55 valence electrons. The summed E-state index contributed by atoms with van der Waals surface area (Å²) in [5.74, 6) is 0. The number of rotatable bonds is 0. The second-order valence-corrected chi connectivity index (χ2v) is 1.92. The molecule has 1 heteroatoms. The second-order valence-electron chi connectivity index (χ2n) is 1.92. The zero-order chi connectivity index (χ0) is 7.07. The minimum atomic E-state index is 0. The van der Waals surface area contributed by atoms with Crippen LogP contribution >= 0.6 is 0 Å². The minimum absolute atomic E-state index is 0. The van der Waals surface area contributed by atoms with Gasteiger partial charge < -0.3 is 0 Å². The minimum Gasteiger partial charge on any atom is -0.0312 e. The van der Waals surface area contributed by atoms with E-state index in [0.29, 0.717) is 0 Å². The summed E-state index contributed by atoms with van der Waals surface area (Å²) in [7, 11) is 0. The summed E-state index contributed by atoms with van der Waals surface area (Å²) in [5, 5.41) is 0. The molecular weight excluding hydrogens is 176 g/mol. The van der Waals surface area contributed by atoms with E-state index < -0.39 is 0 Å². The standard InChI is InChI=1S/2C5H5.Fe/c2*1-2-4-5-3-1;/h2*1-5H;/q;;+3. The van der Waals surface area contributed by atoms with Crippen molar-refractivity contribution in [3.05, 3.63) is 64.2 Å². The second kappa shape index (κ2) is 8.61. The third-order valence-corrected chi connectivity index (χ3v) is 1.11. The summed E-state index contributed by atoms with van der Waals surface area (Å²) >= 11 is 0. The van der Waals surface area contributed by atoms with Gasteiger partial charge in [0.25, 0.3) is 0 Å². The van der Waals surface area contributed by atoms with Gasteiger partial charge in [-0.15, -0.1) is 0 Å². The Hall–Kier alpha value is 0.519. The molecule has 0 N–H and O–H groups in total. The van der Waals surface area contributed by atoms with Crippen molar-refractivity contribution >= 4 is 0 Å². The molecule has 0 aromatic heterocycles. The van der Waals surface area contributed by atoms with Crippen molar-refractivity contribution in [2.45, 2.75) is 0 Å². The van der Waals surface area contributed by atoms with Gasteiger partial charge in [-0.3, -0.25) is 0 Å². The molecule has 0 aromatic carbocycles. The molecule has 2 saturated carbocycles. The van der Waals surface area contributed by atoms with E-state index in [1.165, 1.54) is 0 Å². The quantitative estimate of drug-likeness (QED) is 0.508. The Bertz CT molecular complexity index is 38.1. The van der Waals surface area contributed by atoms with Crippen molar-refractivity contribution in [3.8, 4) is 0 Å². The fraction of sp³-hybridized carbons (Fsp3) is 0. The van der Waals surface area contributed by atoms with Crippen molar-refractivity contribution in [3.63, 3.8) is 0 Å². The third kappa shape index (κ3) is 6.90. The fourth-order valence-corrected chi connectivity index (χ4v) is 0.642. The Balaban J connectivity index is 0.000000167. The Morgan fingerprint density at radius 3 is 0.455 bits per heavy atom. The molecular formula is C10H10Fe+3. The first-order chi connectivity index (χ1) is 5.00. The molecule has 0 saturated heterocycles. The average molecular weight is 186 g/mol. The van der Waals surface area contributed by atoms with Crippen LogP contribution in [0, 0.1) is 64.2 Å². The van der Waals surface area contributed by atoms with Crippen molar-refractivity contribution < 1.29 is 17.1 Å². The third-order valence-electron chi connectivity index (χ3n) is 1.11. The topological polar surface area (TPSA) is 0 Å². The van der Waals surface area contributed by atoms with E-state index in [4.69, 9.17) is 0 Å². The molecule has 0 heterocycles. The number of hydrogen-bond acceptors (Lipinski definition) is 0. The molecule has 2 rings (SSSR count). The zero-order valence-corrected chi connectivity index (χ0v) is 7.23. The van der Waals surface area contributed by atoms with Crippen LogP contribution in [0.2, 0.25) is 0 Å². The van der Waals surface area contributed by atoms with Crippen LogP contribution in [0.5, 0.6) is 0 Å². The first kappa shape index (κ1) is 11.5. The van der Waals surface area contributed by atoms with Crippen LogP contribution in [-0.2, 0) is 17.1 Å². The molecule has 11 radical (unpaired) electrons. The van der Waals surface area contributed by atoms with E-state index in [-0.39, 0.29) is 17.1 Å². The summed E-state index contributed by atoms with van der Waals surface area (Å²) < 4.78 is 0. The molecule has 2 fully saturated rings. The van der Waals surface area contributed by atoms with Crippen molar-refractivity contribution in [1.82, 2.24) is 0 Å². The van der Waals surface area contributed by atoms with Gasteiger partial charge in [0, 0.05) is 0 Å². The van der Waals surface area contributed by atoms with Crippen LogP contribution in [-0.4, -0.2) is 0 Å².